The van der Waals surface area contributed by atoms with Gasteiger partial charge in [-0.25, -0.2) is 4.79 Å². The number of carbonyl (C=O) groups is 1. The smallest absolute Gasteiger partial charge is 0.341 e. The Labute approximate surface area is 98.1 Å². The summed E-state index contributed by atoms with van der Waals surface area (Å²) in [5.74, 6) is -0.629. The van der Waals surface area contributed by atoms with E-state index in [0.29, 0.717) is 23.6 Å². The van der Waals surface area contributed by atoms with Gasteiger partial charge in [-0.05, 0) is 18.6 Å². The van der Waals surface area contributed by atoms with Crippen molar-refractivity contribution in [3.05, 3.63) is 35.7 Å². The van der Waals surface area contributed by atoms with Crippen LogP contribution in [0.5, 0.6) is 0 Å². The molecule has 1 N–H and O–H groups in total. The van der Waals surface area contributed by atoms with Crippen molar-refractivity contribution in [2.75, 3.05) is 0 Å². The lowest BCUT2D eigenvalue weighted by Gasteiger charge is -1.97. The van der Waals surface area contributed by atoms with E-state index in [1.807, 2.05) is 6.92 Å². The molecule has 5 heteroatoms. The van der Waals surface area contributed by atoms with Gasteiger partial charge in [-0.1, -0.05) is 18.1 Å². The molecule has 0 amide bonds. The Hall–Kier alpha value is -2.17. The van der Waals surface area contributed by atoms with E-state index in [0.717, 1.165) is 6.42 Å². The molecular weight excluding hydrogens is 220 g/mol. The molecule has 0 atom stereocenters. The van der Waals surface area contributed by atoms with Gasteiger partial charge in [0.15, 0.2) is 5.76 Å². The average molecular weight is 232 g/mol. The van der Waals surface area contributed by atoms with Crippen molar-refractivity contribution < 1.29 is 14.4 Å². The topological polar surface area (TPSA) is 76.2 Å². The van der Waals surface area contributed by atoms with Crippen LogP contribution < -0.4 is 0 Å². The van der Waals surface area contributed by atoms with Gasteiger partial charge in [0.2, 0.25) is 0 Å². The summed E-state index contributed by atoms with van der Waals surface area (Å²) in [4.78, 5) is 15.3. The molecule has 0 radical (unpaired) electrons. The van der Waals surface area contributed by atoms with Gasteiger partial charge in [-0.3, -0.25) is 4.98 Å². The number of carboxylic acids is 1. The molecule has 5 nitrogen and oxygen atoms in total. The Bertz CT molecular complexity index is 520. The van der Waals surface area contributed by atoms with Gasteiger partial charge in [-0.2, -0.15) is 0 Å². The van der Waals surface area contributed by atoms with Gasteiger partial charge >= 0.3 is 5.97 Å². The van der Waals surface area contributed by atoms with Crippen LogP contribution in [0, 0.1) is 0 Å². The van der Waals surface area contributed by atoms with E-state index in [2.05, 4.69) is 10.1 Å². The first kappa shape index (κ1) is 11.3. The van der Waals surface area contributed by atoms with Gasteiger partial charge < -0.3 is 9.63 Å². The Morgan fingerprint density at radius 2 is 2.29 bits per heavy atom. The van der Waals surface area contributed by atoms with Crippen LogP contribution in [0.3, 0.4) is 0 Å². The SMILES string of the molecule is CCCc1onc(-c2ccccn2)c1C(=O)O. The Kier molecular flexibility index (Phi) is 3.18. The molecule has 0 spiro atoms. The molecular formula is C12H12N2O3. The van der Waals surface area contributed by atoms with Crippen molar-refractivity contribution >= 4 is 5.97 Å². The minimum Gasteiger partial charge on any atom is -0.477 e. The molecule has 0 aliphatic carbocycles. The lowest BCUT2D eigenvalue weighted by molar-refractivity contribution is 0.0695. The fourth-order valence-corrected chi connectivity index (χ4v) is 1.62. The number of pyridine rings is 1. The maximum absolute atomic E-state index is 11.2. The third-order valence-corrected chi connectivity index (χ3v) is 2.36. The molecule has 0 aliphatic heterocycles. The zero-order valence-corrected chi connectivity index (χ0v) is 9.38. The van der Waals surface area contributed by atoms with Crippen molar-refractivity contribution in [1.82, 2.24) is 10.1 Å². The van der Waals surface area contributed by atoms with Gasteiger partial charge in [-0.15, -0.1) is 0 Å². The summed E-state index contributed by atoms with van der Waals surface area (Å²) in [5.41, 5.74) is 0.920. The Morgan fingerprint density at radius 1 is 1.47 bits per heavy atom. The number of hydrogen-bond acceptors (Lipinski definition) is 4. The maximum Gasteiger partial charge on any atom is 0.341 e. The molecule has 88 valence electrons. The molecule has 17 heavy (non-hydrogen) atoms. The molecule has 0 unspecified atom stereocenters. The Balaban J connectivity index is 2.52. The zero-order chi connectivity index (χ0) is 12.3. The number of carboxylic acid groups (broad SMARTS) is 1. The van der Waals surface area contributed by atoms with E-state index >= 15 is 0 Å². The van der Waals surface area contributed by atoms with Crippen LogP contribution in [-0.4, -0.2) is 21.2 Å². The van der Waals surface area contributed by atoms with Crippen molar-refractivity contribution in [2.24, 2.45) is 0 Å². The summed E-state index contributed by atoms with van der Waals surface area (Å²) >= 11 is 0. The number of rotatable bonds is 4. The van der Waals surface area contributed by atoms with Crippen LogP contribution >= 0.6 is 0 Å². The normalized spacial score (nSPS) is 10.4. The second-order valence-corrected chi connectivity index (χ2v) is 3.60. The van der Waals surface area contributed by atoms with Gasteiger partial charge in [0, 0.05) is 12.6 Å². The largest absolute Gasteiger partial charge is 0.477 e. The van der Waals surface area contributed by atoms with Crippen molar-refractivity contribution in [1.29, 1.82) is 0 Å². The molecule has 0 saturated heterocycles. The number of nitrogens with zero attached hydrogens (tertiary/aromatic N) is 2. The molecule has 2 aromatic rings. The molecule has 0 bridgehead atoms. The predicted molar refractivity (Wildman–Crippen MR) is 60.7 cm³/mol. The molecule has 0 aliphatic rings. The summed E-state index contributed by atoms with van der Waals surface area (Å²) < 4.78 is 5.08. The van der Waals surface area contributed by atoms with Crippen LogP contribution in [0.4, 0.5) is 0 Å². The fraction of sp³-hybridized carbons (Fsp3) is 0.250. The standard InChI is InChI=1S/C12H12N2O3/c1-2-5-9-10(12(15)16)11(14-17-9)8-6-3-4-7-13-8/h3-4,6-7H,2,5H2,1H3,(H,15,16). The highest BCUT2D eigenvalue weighted by atomic mass is 16.5. The first-order valence-corrected chi connectivity index (χ1v) is 5.37. The van der Waals surface area contributed by atoms with Crippen LogP contribution in [0.25, 0.3) is 11.4 Å². The number of hydrogen-bond donors (Lipinski definition) is 1. The number of aromatic nitrogens is 2. The van der Waals surface area contributed by atoms with Crippen LogP contribution in [0.1, 0.15) is 29.5 Å². The monoisotopic (exact) mass is 232 g/mol. The third kappa shape index (κ3) is 2.18. The fourth-order valence-electron chi connectivity index (χ4n) is 1.62. The maximum atomic E-state index is 11.2. The third-order valence-electron chi connectivity index (χ3n) is 2.36. The summed E-state index contributed by atoms with van der Waals surface area (Å²) in [5, 5.41) is 13.0. The number of aromatic carboxylic acids is 1. The highest BCUT2D eigenvalue weighted by molar-refractivity contribution is 5.95. The van der Waals surface area contributed by atoms with Gasteiger partial charge in [0.25, 0.3) is 0 Å². The molecule has 2 rings (SSSR count). The number of aryl methyl sites for hydroxylation is 1. The lowest BCUT2D eigenvalue weighted by Crippen LogP contribution is -2.01. The Morgan fingerprint density at radius 3 is 2.88 bits per heavy atom. The van der Waals surface area contributed by atoms with Crippen molar-refractivity contribution in [3.63, 3.8) is 0 Å². The highest BCUT2D eigenvalue weighted by Gasteiger charge is 2.23. The first-order chi connectivity index (χ1) is 8.24. The van der Waals surface area contributed by atoms with E-state index in [-0.39, 0.29) is 5.56 Å². The first-order valence-electron chi connectivity index (χ1n) is 5.37. The molecule has 2 heterocycles. The second-order valence-electron chi connectivity index (χ2n) is 3.60. The molecule has 0 fully saturated rings. The predicted octanol–water partition coefficient (Wildman–Crippen LogP) is 2.39. The van der Waals surface area contributed by atoms with E-state index in [4.69, 9.17) is 4.52 Å². The lowest BCUT2D eigenvalue weighted by atomic mass is 10.1. The van der Waals surface area contributed by atoms with E-state index < -0.39 is 5.97 Å². The van der Waals surface area contributed by atoms with Gasteiger partial charge in [0.1, 0.15) is 11.3 Å². The minimum absolute atomic E-state index is 0.116. The minimum atomic E-state index is -1.03. The van der Waals surface area contributed by atoms with E-state index in [9.17, 15) is 9.90 Å². The molecule has 2 aromatic heterocycles. The van der Waals surface area contributed by atoms with Crippen LogP contribution in [0.2, 0.25) is 0 Å². The molecule has 0 saturated carbocycles. The zero-order valence-electron chi connectivity index (χ0n) is 9.38. The van der Waals surface area contributed by atoms with Crippen molar-refractivity contribution in [3.8, 4) is 11.4 Å². The quantitative estimate of drug-likeness (QED) is 0.875. The molecule has 0 aromatic carbocycles. The van der Waals surface area contributed by atoms with Gasteiger partial charge in [0.05, 0.1) is 5.69 Å². The highest BCUT2D eigenvalue weighted by Crippen LogP contribution is 2.24. The average Bonchev–Trinajstić information content (AvgIpc) is 2.74. The van der Waals surface area contributed by atoms with Crippen LogP contribution in [-0.2, 0) is 6.42 Å². The summed E-state index contributed by atoms with van der Waals surface area (Å²) in [7, 11) is 0. The van der Waals surface area contributed by atoms with E-state index in [1.165, 1.54) is 0 Å². The van der Waals surface area contributed by atoms with E-state index in [1.54, 1.807) is 24.4 Å². The summed E-state index contributed by atoms with van der Waals surface area (Å²) in [6.45, 7) is 1.95. The second kappa shape index (κ2) is 4.78. The summed E-state index contributed by atoms with van der Waals surface area (Å²) in [6, 6.07) is 5.25. The van der Waals surface area contributed by atoms with Crippen LogP contribution in [0.15, 0.2) is 28.9 Å². The van der Waals surface area contributed by atoms with Crippen molar-refractivity contribution in [2.45, 2.75) is 19.8 Å². The summed E-state index contributed by atoms with van der Waals surface area (Å²) in [6.07, 6.45) is 2.95.